The van der Waals surface area contributed by atoms with E-state index in [1.807, 2.05) is 19.1 Å². The standard InChI is InChI=1S/C19H17BrN2O3S/c1-13-2-4-16(5-3-13)26(23,24)22-12-18(14-6-8-25-9-7-14)17-10-15(20)11-21-19(17)22/h2-6,10-12H,7-9H2,1H3. The smallest absolute Gasteiger partial charge is 0.269 e. The Morgan fingerprint density at radius 2 is 2.00 bits per heavy atom. The normalized spacial score (nSPS) is 15.2. The molecular weight excluding hydrogens is 416 g/mol. The number of ether oxygens (including phenoxy) is 1. The number of rotatable bonds is 3. The van der Waals surface area contributed by atoms with Crippen molar-refractivity contribution >= 4 is 42.6 Å². The highest BCUT2D eigenvalue weighted by atomic mass is 79.9. The van der Waals surface area contributed by atoms with Crippen molar-refractivity contribution in [3.63, 3.8) is 0 Å². The molecule has 1 aliphatic rings. The maximum atomic E-state index is 13.2. The SMILES string of the molecule is Cc1ccc(S(=O)(=O)n2cc(C3=CCOCC3)c3cc(Br)cnc32)cc1. The third kappa shape index (κ3) is 3.00. The van der Waals surface area contributed by atoms with Crippen molar-refractivity contribution in [2.24, 2.45) is 0 Å². The number of benzene rings is 1. The Morgan fingerprint density at radius 3 is 2.69 bits per heavy atom. The molecule has 4 rings (SSSR count). The predicted octanol–water partition coefficient (Wildman–Crippen LogP) is 4.15. The molecule has 0 bridgehead atoms. The van der Waals surface area contributed by atoms with Gasteiger partial charge in [0.2, 0.25) is 0 Å². The van der Waals surface area contributed by atoms with Crippen molar-refractivity contribution < 1.29 is 13.2 Å². The maximum absolute atomic E-state index is 13.2. The molecule has 0 aliphatic carbocycles. The molecule has 5 nitrogen and oxygen atoms in total. The molecule has 0 atom stereocenters. The molecule has 0 saturated heterocycles. The lowest BCUT2D eigenvalue weighted by Gasteiger charge is -2.12. The second-order valence-corrected chi connectivity index (χ2v) is 8.97. The Balaban J connectivity index is 1.96. The number of aromatic nitrogens is 2. The first-order valence-electron chi connectivity index (χ1n) is 8.23. The first-order valence-corrected chi connectivity index (χ1v) is 10.5. The molecule has 0 radical (unpaired) electrons. The highest BCUT2D eigenvalue weighted by Gasteiger charge is 2.24. The van der Waals surface area contributed by atoms with Crippen LogP contribution in [0.3, 0.4) is 0 Å². The van der Waals surface area contributed by atoms with E-state index in [1.54, 1.807) is 36.7 Å². The molecular formula is C19H17BrN2O3S. The molecule has 3 aromatic rings. The monoisotopic (exact) mass is 432 g/mol. The highest BCUT2D eigenvalue weighted by molar-refractivity contribution is 9.10. The van der Waals surface area contributed by atoms with Crippen LogP contribution in [0.2, 0.25) is 0 Å². The summed E-state index contributed by atoms with van der Waals surface area (Å²) in [5, 5.41) is 0.809. The lowest BCUT2D eigenvalue weighted by Crippen LogP contribution is -2.12. The number of hydrogen-bond donors (Lipinski definition) is 0. The zero-order valence-electron chi connectivity index (χ0n) is 14.1. The quantitative estimate of drug-likeness (QED) is 0.623. The van der Waals surface area contributed by atoms with E-state index in [-0.39, 0.29) is 4.90 Å². The highest BCUT2D eigenvalue weighted by Crippen LogP contribution is 2.33. The van der Waals surface area contributed by atoms with Crippen LogP contribution in [-0.2, 0) is 14.8 Å². The lowest BCUT2D eigenvalue weighted by atomic mass is 10.0. The second kappa shape index (κ2) is 6.64. The fraction of sp³-hybridized carbons (Fsp3) is 0.211. The summed E-state index contributed by atoms with van der Waals surface area (Å²) in [7, 11) is -3.73. The van der Waals surface area contributed by atoms with Crippen molar-refractivity contribution in [2.75, 3.05) is 13.2 Å². The van der Waals surface area contributed by atoms with E-state index in [4.69, 9.17) is 4.74 Å². The van der Waals surface area contributed by atoms with Crippen LogP contribution >= 0.6 is 15.9 Å². The summed E-state index contributed by atoms with van der Waals surface area (Å²) < 4.78 is 33.9. The van der Waals surface area contributed by atoms with E-state index in [1.165, 1.54) is 3.97 Å². The summed E-state index contributed by atoms with van der Waals surface area (Å²) in [6.07, 6.45) is 6.04. The van der Waals surface area contributed by atoms with Gasteiger partial charge in [-0.1, -0.05) is 23.8 Å². The van der Waals surface area contributed by atoms with Gasteiger partial charge in [0.15, 0.2) is 5.65 Å². The summed E-state index contributed by atoms with van der Waals surface area (Å²) in [5.41, 5.74) is 3.40. The molecule has 1 aromatic carbocycles. The number of fused-ring (bicyclic) bond motifs is 1. The van der Waals surface area contributed by atoms with Gasteiger partial charge in [-0.3, -0.25) is 0 Å². The molecule has 0 spiro atoms. The Labute approximate surface area is 160 Å². The zero-order chi connectivity index (χ0) is 18.3. The minimum Gasteiger partial charge on any atom is -0.377 e. The van der Waals surface area contributed by atoms with Gasteiger partial charge in [-0.2, -0.15) is 0 Å². The van der Waals surface area contributed by atoms with Gasteiger partial charge in [-0.15, -0.1) is 0 Å². The van der Waals surface area contributed by atoms with Crippen molar-refractivity contribution in [1.29, 1.82) is 0 Å². The molecule has 134 valence electrons. The van der Waals surface area contributed by atoms with Gasteiger partial charge in [0, 0.05) is 27.8 Å². The van der Waals surface area contributed by atoms with Gasteiger partial charge in [0.1, 0.15) is 0 Å². The second-order valence-electron chi connectivity index (χ2n) is 6.24. The van der Waals surface area contributed by atoms with E-state index in [2.05, 4.69) is 20.9 Å². The van der Waals surface area contributed by atoms with Gasteiger partial charge in [0.25, 0.3) is 10.0 Å². The average Bonchev–Trinajstić information content (AvgIpc) is 3.02. The summed E-state index contributed by atoms with van der Waals surface area (Å²) in [6, 6.07) is 8.76. The summed E-state index contributed by atoms with van der Waals surface area (Å²) in [5.74, 6) is 0. The largest absolute Gasteiger partial charge is 0.377 e. The molecule has 0 N–H and O–H groups in total. The minimum atomic E-state index is -3.73. The van der Waals surface area contributed by atoms with Gasteiger partial charge in [0.05, 0.1) is 18.1 Å². The topological polar surface area (TPSA) is 61.2 Å². The third-order valence-corrected chi connectivity index (χ3v) is 6.56. The number of nitrogens with zero attached hydrogens (tertiary/aromatic N) is 2. The molecule has 0 unspecified atom stereocenters. The fourth-order valence-corrected chi connectivity index (χ4v) is 4.74. The summed E-state index contributed by atoms with van der Waals surface area (Å²) in [4.78, 5) is 4.63. The average molecular weight is 433 g/mol. The molecule has 7 heteroatoms. The molecule has 2 aromatic heterocycles. The molecule has 26 heavy (non-hydrogen) atoms. The Morgan fingerprint density at radius 1 is 1.23 bits per heavy atom. The van der Waals surface area contributed by atoms with Crippen LogP contribution < -0.4 is 0 Å². The van der Waals surface area contributed by atoms with Gasteiger partial charge in [-0.05, 0) is 53.0 Å². The minimum absolute atomic E-state index is 0.247. The number of pyridine rings is 1. The molecule has 0 saturated carbocycles. The van der Waals surface area contributed by atoms with Crippen LogP contribution in [0.25, 0.3) is 16.6 Å². The van der Waals surface area contributed by atoms with E-state index in [0.717, 1.165) is 33.0 Å². The van der Waals surface area contributed by atoms with Crippen LogP contribution in [0.1, 0.15) is 17.5 Å². The first kappa shape index (κ1) is 17.5. The molecule has 1 aliphatic heterocycles. The lowest BCUT2D eigenvalue weighted by molar-refractivity contribution is 0.161. The van der Waals surface area contributed by atoms with Gasteiger partial charge >= 0.3 is 0 Å². The van der Waals surface area contributed by atoms with Crippen LogP contribution in [0.4, 0.5) is 0 Å². The Bertz CT molecular complexity index is 1120. The first-order chi connectivity index (χ1) is 12.5. The van der Waals surface area contributed by atoms with Crippen molar-refractivity contribution in [2.45, 2.75) is 18.2 Å². The maximum Gasteiger partial charge on any atom is 0.269 e. The van der Waals surface area contributed by atoms with Crippen LogP contribution in [-0.4, -0.2) is 30.6 Å². The summed E-state index contributed by atoms with van der Waals surface area (Å²) >= 11 is 3.44. The van der Waals surface area contributed by atoms with Crippen LogP contribution in [0, 0.1) is 6.92 Å². The van der Waals surface area contributed by atoms with E-state index in [0.29, 0.717) is 18.9 Å². The third-order valence-electron chi connectivity index (χ3n) is 4.47. The van der Waals surface area contributed by atoms with Crippen LogP contribution in [0.15, 0.2) is 58.2 Å². The van der Waals surface area contributed by atoms with Crippen molar-refractivity contribution in [3.05, 3.63) is 64.4 Å². The number of hydrogen-bond acceptors (Lipinski definition) is 4. The Hall–Kier alpha value is -1.96. The van der Waals surface area contributed by atoms with E-state index >= 15 is 0 Å². The van der Waals surface area contributed by atoms with Crippen molar-refractivity contribution in [1.82, 2.24) is 8.96 Å². The van der Waals surface area contributed by atoms with E-state index in [9.17, 15) is 8.42 Å². The predicted molar refractivity (Wildman–Crippen MR) is 105 cm³/mol. The molecule has 0 amide bonds. The molecule has 0 fully saturated rings. The number of halogens is 1. The van der Waals surface area contributed by atoms with Crippen LogP contribution in [0.5, 0.6) is 0 Å². The zero-order valence-corrected chi connectivity index (χ0v) is 16.5. The molecule has 3 heterocycles. The van der Waals surface area contributed by atoms with E-state index < -0.39 is 10.0 Å². The fourth-order valence-electron chi connectivity index (χ4n) is 3.09. The number of aryl methyl sites for hydroxylation is 1. The summed E-state index contributed by atoms with van der Waals surface area (Å²) in [6.45, 7) is 3.09. The van der Waals surface area contributed by atoms with Crippen molar-refractivity contribution in [3.8, 4) is 0 Å². The van der Waals surface area contributed by atoms with Gasteiger partial charge < -0.3 is 4.74 Å². The Kier molecular flexibility index (Phi) is 4.46. The van der Waals surface area contributed by atoms with Gasteiger partial charge in [-0.25, -0.2) is 17.4 Å².